The molecule has 154 valence electrons. The highest BCUT2D eigenvalue weighted by atomic mass is 32.2. The number of aromatic nitrogens is 3. The molecule has 0 spiro atoms. The number of nitrogens with one attached hydrogen (secondary N) is 1. The minimum absolute atomic E-state index is 0.443. The van der Waals surface area contributed by atoms with Crippen LogP contribution in [0.4, 0.5) is 5.69 Å². The van der Waals surface area contributed by atoms with E-state index < -0.39 is 6.23 Å². The van der Waals surface area contributed by atoms with Gasteiger partial charge in [-0.1, -0.05) is 72.4 Å². The molecule has 5 rings (SSSR count). The van der Waals surface area contributed by atoms with E-state index in [0.29, 0.717) is 16.7 Å². The quantitative estimate of drug-likeness (QED) is 0.430. The molecule has 1 N–H and O–H groups in total. The molecule has 0 aliphatic carbocycles. The molecule has 7 heteroatoms. The summed E-state index contributed by atoms with van der Waals surface area (Å²) in [6, 6.07) is 25.9. The van der Waals surface area contributed by atoms with Crippen LogP contribution in [-0.2, 0) is 5.75 Å². The Morgan fingerprint density at radius 2 is 1.81 bits per heavy atom. The van der Waals surface area contributed by atoms with Gasteiger partial charge >= 0.3 is 0 Å². The topological polar surface area (TPSA) is 69.2 Å². The minimum Gasteiger partial charge on any atom is -0.497 e. The van der Waals surface area contributed by atoms with Crippen molar-refractivity contribution in [2.24, 2.45) is 0 Å². The van der Waals surface area contributed by atoms with Crippen LogP contribution >= 0.6 is 11.8 Å². The summed E-state index contributed by atoms with van der Waals surface area (Å²) in [5, 5.41) is 12.9. The van der Waals surface area contributed by atoms with Gasteiger partial charge in [-0.3, -0.25) is 0 Å². The number of thioether (sulfide) groups is 1. The standard InChI is InChI=1S/C24H20N4O2S/c1-29-18-11-7-10-17(14-18)22-25-20-13-6-5-12-19(20)21-23(30-22)26-24(28-27-21)31-15-16-8-3-2-4-9-16/h2-14,22,25H,15H2,1H3/t22-/m1/s1. The van der Waals surface area contributed by atoms with Gasteiger partial charge in [0.1, 0.15) is 5.75 Å². The molecule has 0 bridgehead atoms. The van der Waals surface area contributed by atoms with E-state index in [1.54, 1.807) is 7.11 Å². The average molecular weight is 429 g/mol. The first-order valence-corrected chi connectivity index (χ1v) is 10.9. The van der Waals surface area contributed by atoms with Gasteiger partial charge in [-0.15, -0.1) is 10.2 Å². The van der Waals surface area contributed by atoms with Crippen LogP contribution < -0.4 is 14.8 Å². The zero-order valence-electron chi connectivity index (χ0n) is 16.9. The molecule has 0 saturated heterocycles. The Balaban J connectivity index is 1.50. The largest absolute Gasteiger partial charge is 0.497 e. The zero-order chi connectivity index (χ0) is 21.0. The maximum absolute atomic E-state index is 6.32. The van der Waals surface area contributed by atoms with Gasteiger partial charge in [-0.2, -0.15) is 4.98 Å². The number of anilines is 1. The van der Waals surface area contributed by atoms with Crippen molar-refractivity contribution >= 4 is 17.4 Å². The van der Waals surface area contributed by atoms with Crippen LogP contribution in [0.5, 0.6) is 11.6 Å². The van der Waals surface area contributed by atoms with Crippen molar-refractivity contribution in [3.05, 3.63) is 90.0 Å². The van der Waals surface area contributed by atoms with Gasteiger partial charge in [0.15, 0.2) is 11.9 Å². The van der Waals surface area contributed by atoms with E-state index in [4.69, 9.17) is 14.5 Å². The van der Waals surface area contributed by atoms with Gasteiger partial charge in [0, 0.05) is 22.6 Å². The molecule has 0 saturated carbocycles. The molecular formula is C24H20N4O2S. The van der Waals surface area contributed by atoms with Crippen molar-refractivity contribution in [3.8, 4) is 22.9 Å². The molecular weight excluding hydrogens is 408 g/mol. The predicted molar refractivity (Wildman–Crippen MR) is 121 cm³/mol. The average Bonchev–Trinajstić information content (AvgIpc) is 3.00. The van der Waals surface area contributed by atoms with Crippen molar-refractivity contribution < 1.29 is 9.47 Å². The Bertz CT molecular complexity index is 1200. The summed E-state index contributed by atoms with van der Waals surface area (Å²) in [4.78, 5) is 4.70. The molecule has 1 aliphatic rings. The Hall–Kier alpha value is -3.58. The molecule has 3 aromatic carbocycles. The maximum atomic E-state index is 6.32. The van der Waals surface area contributed by atoms with Gasteiger partial charge in [0.05, 0.1) is 7.11 Å². The van der Waals surface area contributed by atoms with Gasteiger partial charge in [-0.25, -0.2) is 0 Å². The number of rotatable bonds is 5. The van der Waals surface area contributed by atoms with Gasteiger partial charge in [0.25, 0.3) is 0 Å². The number of hydrogen-bond acceptors (Lipinski definition) is 7. The third-order valence-electron chi connectivity index (χ3n) is 4.94. The first-order valence-electron chi connectivity index (χ1n) is 9.88. The Labute approximate surface area is 184 Å². The highest BCUT2D eigenvalue weighted by Crippen LogP contribution is 2.39. The van der Waals surface area contributed by atoms with Crippen LogP contribution in [-0.4, -0.2) is 22.3 Å². The van der Waals surface area contributed by atoms with Crippen LogP contribution in [0.3, 0.4) is 0 Å². The van der Waals surface area contributed by atoms with E-state index in [1.807, 2.05) is 66.7 Å². The summed E-state index contributed by atoms with van der Waals surface area (Å²) in [6.07, 6.45) is -0.443. The second-order valence-electron chi connectivity index (χ2n) is 6.99. The summed E-state index contributed by atoms with van der Waals surface area (Å²) in [5.41, 5.74) is 4.57. The second kappa shape index (κ2) is 8.65. The van der Waals surface area contributed by atoms with Crippen LogP contribution in [0.25, 0.3) is 11.3 Å². The van der Waals surface area contributed by atoms with Crippen molar-refractivity contribution in [1.82, 2.24) is 15.2 Å². The molecule has 6 nitrogen and oxygen atoms in total. The van der Waals surface area contributed by atoms with Gasteiger partial charge in [-0.05, 0) is 23.8 Å². The summed E-state index contributed by atoms with van der Waals surface area (Å²) in [6.45, 7) is 0. The Morgan fingerprint density at radius 3 is 2.68 bits per heavy atom. The number of benzene rings is 3. The number of nitrogens with zero attached hydrogens (tertiary/aromatic N) is 3. The fourth-order valence-electron chi connectivity index (χ4n) is 3.39. The van der Waals surface area contributed by atoms with Crippen molar-refractivity contribution in [1.29, 1.82) is 0 Å². The van der Waals surface area contributed by atoms with E-state index >= 15 is 0 Å². The lowest BCUT2D eigenvalue weighted by Gasteiger charge is -2.19. The normalized spacial score (nSPS) is 14.4. The molecule has 4 aromatic rings. The first-order chi connectivity index (χ1) is 15.3. The lowest BCUT2D eigenvalue weighted by molar-refractivity contribution is 0.224. The second-order valence-corrected chi connectivity index (χ2v) is 7.93. The van der Waals surface area contributed by atoms with E-state index in [0.717, 1.165) is 28.3 Å². The molecule has 0 fully saturated rings. The molecule has 2 heterocycles. The van der Waals surface area contributed by atoms with Gasteiger partial charge < -0.3 is 14.8 Å². The van der Waals surface area contributed by atoms with E-state index in [1.165, 1.54) is 17.3 Å². The van der Waals surface area contributed by atoms with Crippen molar-refractivity contribution in [2.45, 2.75) is 17.1 Å². The first kappa shape index (κ1) is 19.4. The maximum Gasteiger partial charge on any atom is 0.247 e. The molecule has 0 unspecified atom stereocenters. The molecule has 31 heavy (non-hydrogen) atoms. The van der Waals surface area contributed by atoms with Crippen LogP contribution in [0.2, 0.25) is 0 Å². The highest BCUT2D eigenvalue weighted by Gasteiger charge is 2.26. The number of para-hydroxylation sites is 1. The molecule has 0 radical (unpaired) electrons. The SMILES string of the molecule is COc1cccc([C@@H]2Nc3ccccc3-c3nnc(SCc4ccccc4)nc3O2)c1. The predicted octanol–water partition coefficient (Wildman–Crippen LogP) is 5.34. The molecule has 1 aliphatic heterocycles. The monoisotopic (exact) mass is 428 g/mol. The number of methoxy groups -OCH3 is 1. The summed E-state index contributed by atoms with van der Waals surface area (Å²) < 4.78 is 11.7. The molecule has 1 atom stereocenters. The third kappa shape index (κ3) is 4.18. The van der Waals surface area contributed by atoms with Gasteiger partial charge in [0.2, 0.25) is 11.0 Å². The number of fused-ring (bicyclic) bond motifs is 3. The number of ether oxygens (including phenoxy) is 2. The zero-order valence-corrected chi connectivity index (χ0v) is 17.7. The summed E-state index contributed by atoms with van der Waals surface area (Å²) in [7, 11) is 1.65. The highest BCUT2D eigenvalue weighted by molar-refractivity contribution is 7.98. The van der Waals surface area contributed by atoms with E-state index in [9.17, 15) is 0 Å². The third-order valence-corrected chi connectivity index (χ3v) is 5.85. The molecule has 0 amide bonds. The Morgan fingerprint density at radius 1 is 0.968 bits per heavy atom. The fourth-order valence-corrected chi connectivity index (χ4v) is 4.12. The van der Waals surface area contributed by atoms with Crippen molar-refractivity contribution in [2.75, 3.05) is 12.4 Å². The van der Waals surface area contributed by atoms with Crippen LogP contribution in [0, 0.1) is 0 Å². The van der Waals surface area contributed by atoms with Crippen LogP contribution in [0.15, 0.2) is 84.0 Å². The lowest BCUT2D eigenvalue weighted by atomic mass is 10.1. The number of hydrogen-bond donors (Lipinski definition) is 1. The lowest BCUT2D eigenvalue weighted by Crippen LogP contribution is -2.17. The summed E-state index contributed by atoms with van der Waals surface area (Å²) in [5.74, 6) is 1.98. The van der Waals surface area contributed by atoms with E-state index in [2.05, 4.69) is 27.6 Å². The fraction of sp³-hybridized carbons (Fsp3) is 0.125. The van der Waals surface area contributed by atoms with Crippen LogP contribution in [0.1, 0.15) is 17.4 Å². The van der Waals surface area contributed by atoms with Crippen molar-refractivity contribution in [3.63, 3.8) is 0 Å². The summed E-state index contributed by atoms with van der Waals surface area (Å²) >= 11 is 1.53. The molecule has 1 aromatic heterocycles. The minimum atomic E-state index is -0.443. The smallest absolute Gasteiger partial charge is 0.247 e. The Kier molecular flexibility index (Phi) is 5.41. The van der Waals surface area contributed by atoms with E-state index in [-0.39, 0.29) is 0 Å².